The Labute approximate surface area is 104 Å². The summed E-state index contributed by atoms with van der Waals surface area (Å²) in [5.74, 6) is -0.195. The number of carbonyl (C=O) groups excluding carboxylic acids is 1. The summed E-state index contributed by atoms with van der Waals surface area (Å²) < 4.78 is 14.9. The fourth-order valence-electron chi connectivity index (χ4n) is 1.36. The van der Waals surface area contributed by atoms with Crippen LogP contribution in [0.15, 0.2) is 0 Å². The largest absolute Gasteiger partial charge is 0.468 e. The molecule has 0 heterocycles. The lowest BCUT2D eigenvalue weighted by molar-refractivity contribution is -0.142. The van der Waals surface area contributed by atoms with E-state index in [0.717, 1.165) is 13.0 Å². The minimum absolute atomic E-state index is 0.195. The Morgan fingerprint density at radius 1 is 1.18 bits per heavy atom. The highest BCUT2D eigenvalue weighted by molar-refractivity contribution is 5.71. The molecule has 0 saturated heterocycles. The van der Waals surface area contributed by atoms with Crippen molar-refractivity contribution >= 4 is 5.97 Å². The van der Waals surface area contributed by atoms with E-state index in [9.17, 15) is 4.79 Å². The van der Waals surface area contributed by atoms with E-state index in [1.165, 1.54) is 7.11 Å². The van der Waals surface area contributed by atoms with Crippen molar-refractivity contribution in [3.8, 4) is 0 Å². The van der Waals surface area contributed by atoms with Gasteiger partial charge in [-0.15, -0.1) is 0 Å². The van der Waals surface area contributed by atoms with Gasteiger partial charge in [-0.2, -0.15) is 0 Å². The van der Waals surface area contributed by atoms with Gasteiger partial charge in [0.05, 0.1) is 26.9 Å². The van der Waals surface area contributed by atoms with Gasteiger partial charge in [-0.1, -0.05) is 0 Å². The van der Waals surface area contributed by atoms with Gasteiger partial charge in [0, 0.05) is 26.3 Å². The van der Waals surface area contributed by atoms with Gasteiger partial charge in [0.1, 0.15) is 0 Å². The number of nitrogens with zero attached hydrogens (tertiary/aromatic N) is 1. The predicted molar refractivity (Wildman–Crippen MR) is 66.0 cm³/mol. The van der Waals surface area contributed by atoms with E-state index in [1.807, 2.05) is 0 Å². The van der Waals surface area contributed by atoms with E-state index in [2.05, 4.69) is 23.5 Å². The summed E-state index contributed by atoms with van der Waals surface area (Å²) in [6.45, 7) is 7.23. The van der Waals surface area contributed by atoms with Gasteiger partial charge in [-0.3, -0.25) is 9.69 Å². The van der Waals surface area contributed by atoms with Crippen LogP contribution < -0.4 is 0 Å². The number of rotatable bonds is 10. The van der Waals surface area contributed by atoms with Crippen LogP contribution in [0.4, 0.5) is 0 Å². The molecule has 0 aromatic carbocycles. The molecule has 0 aromatic rings. The fraction of sp³-hybridized carbons (Fsp3) is 0.917. The average molecular weight is 247 g/mol. The summed E-state index contributed by atoms with van der Waals surface area (Å²) in [6.07, 6.45) is 0.902. The molecule has 0 rings (SSSR count). The third-order valence-corrected chi connectivity index (χ3v) is 2.46. The lowest BCUT2D eigenvalue weighted by Gasteiger charge is -2.24. The molecule has 0 saturated carbocycles. The van der Waals surface area contributed by atoms with Crippen molar-refractivity contribution in [2.75, 3.05) is 47.1 Å². The topological polar surface area (TPSA) is 48.0 Å². The van der Waals surface area contributed by atoms with Gasteiger partial charge in [0.2, 0.25) is 0 Å². The first-order valence-electron chi connectivity index (χ1n) is 5.99. The molecule has 0 fully saturated rings. The van der Waals surface area contributed by atoms with Crippen molar-refractivity contribution in [2.24, 2.45) is 0 Å². The summed E-state index contributed by atoms with van der Waals surface area (Å²) >= 11 is 0. The van der Waals surface area contributed by atoms with Crippen molar-refractivity contribution in [3.63, 3.8) is 0 Å². The van der Waals surface area contributed by atoms with Gasteiger partial charge in [0.15, 0.2) is 0 Å². The fourth-order valence-corrected chi connectivity index (χ4v) is 1.36. The van der Waals surface area contributed by atoms with E-state index < -0.39 is 0 Å². The maximum Gasteiger partial charge on any atom is 0.319 e. The smallest absolute Gasteiger partial charge is 0.319 e. The minimum Gasteiger partial charge on any atom is -0.468 e. The molecule has 0 aliphatic rings. The van der Waals surface area contributed by atoms with Crippen LogP contribution in [-0.4, -0.2) is 64.0 Å². The maximum absolute atomic E-state index is 11.2. The molecular formula is C12H25NO4. The molecule has 0 unspecified atom stereocenters. The van der Waals surface area contributed by atoms with E-state index in [0.29, 0.717) is 32.4 Å². The van der Waals surface area contributed by atoms with Gasteiger partial charge < -0.3 is 14.2 Å². The molecule has 0 radical (unpaired) electrons. The summed E-state index contributed by atoms with van der Waals surface area (Å²) in [7, 11) is 3.06. The molecule has 0 atom stereocenters. The Kier molecular flexibility index (Phi) is 10.1. The van der Waals surface area contributed by atoms with Crippen molar-refractivity contribution in [1.29, 1.82) is 0 Å². The molecule has 0 bridgehead atoms. The first-order valence-corrected chi connectivity index (χ1v) is 5.99. The highest BCUT2D eigenvalue weighted by Gasteiger charge is 2.13. The molecule has 5 nitrogen and oxygen atoms in total. The van der Waals surface area contributed by atoms with Crippen LogP contribution >= 0.6 is 0 Å². The molecule has 5 heteroatoms. The summed E-state index contributed by atoms with van der Waals surface area (Å²) in [4.78, 5) is 13.3. The second-order valence-corrected chi connectivity index (χ2v) is 4.10. The Morgan fingerprint density at radius 2 is 1.88 bits per heavy atom. The number of hydrogen-bond donors (Lipinski definition) is 0. The average Bonchev–Trinajstić information content (AvgIpc) is 2.31. The van der Waals surface area contributed by atoms with Crippen molar-refractivity contribution in [3.05, 3.63) is 0 Å². The van der Waals surface area contributed by atoms with Crippen LogP contribution in [0.25, 0.3) is 0 Å². The SMILES string of the molecule is COCCOCCCN(CC(=O)OC)C(C)C. The van der Waals surface area contributed by atoms with E-state index in [-0.39, 0.29) is 5.97 Å². The van der Waals surface area contributed by atoms with E-state index >= 15 is 0 Å². The lowest BCUT2D eigenvalue weighted by atomic mass is 10.3. The van der Waals surface area contributed by atoms with Crippen LogP contribution in [0.2, 0.25) is 0 Å². The van der Waals surface area contributed by atoms with Crippen LogP contribution in [0, 0.1) is 0 Å². The third-order valence-electron chi connectivity index (χ3n) is 2.46. The summed E-state index contributed by atoms with van der Waals surface area (Å²) in [5.41, 5.74) is 0. The Hall–Kier alpha value is -0.650. The van der Waals surface area contributed by atoms with Gasteiger partial charge in [0.25, 0.3) is 0 Å². The van der Waals surface area contributed by atoms with Gasteiger partial charge >= 0.3 is 5.97 Å². The summed E-state index contributed by atoms with van der Waals surface area (Å²) in [5, 5.41) is 0. The van der Waals surface area contributed by atoms with Crippen LogP contribution in [0.5, 0.6) is 0 Å². The monoisotopic (exact) mass is 247 g/mol. The van der Waals surface area contributed by atoms with Crippen LogP contribution in [-0.2, 0) is 19.0 Å². The number of ether oxygens (including phenoxy) is 3. The summed E-state index contributed by atoms with van der Waals surface area (Å²) in [6, 6.07) is 0.327. The number of methoxy groups -OCH3 is 2. The molecule has 0 aromatic heterocycles. The second kappa shape index (κ2) is 10.5. The van der Waals surface area contributed by atoms with E-state index in [4.69, 9.17) is 9.47 Å². The molecule has 0 aliphatic heterocycles. The quantitative estimate of drug-likeness (QED) is 0.424. The molecule has 0 amide bonds. The van der Waals surface area contributed by atoms with Crippen molar-refractivity contribution in [1.82, 2.24) is 4.90 Å². The molecule has 0 N–H and O–H groups in total. The zero-order valence-electron chi connectivity index (χ0n) is 11.4. The van der Waals surface area contributed by atoms with Crippen LogP contribution in [0.3, 0.4) is 0 Å². The normalized spacial score (nSPS) is 11.2. The molecule has 17 heavy (non-hydrogen) atoms. The van der Waals surface area contributed by atoms with E-state index in [1.54, 1.807) is 7.11 Å². The zero-order valence-corrected chi connectivity index (χ0v) is 11.4. The first-order chi connectivity index (χ1) is 8.11. The van der Waals surface area contributed by atoms with Gasteiger partial charge in [-0.05, 0) is 20.3 Å². The highest BCUT2D eigenvalue weighted by atomic mass is 16.5. The predicted octanol–water partition coefficient (Wildman–Crippen LogP) is 0.923. The third kappa shape index (κ3) is 9.09. The highest BCUT2D eigenvalue weighted by Crippen LogP contribution is 2.00. The zero-order chi connectivity index (χ0) is 13.1. The van der Waals surface area contributed by atoms with Crippen molar-refractivity contribution in [2.45, 2.75) is 26.3 Å². The Bertz CT molecular complexity index is 197. The molecular weight excluding hydrogens is 222 g/mol. The molecule has 102 valence electrons. The van der Waals surface area contributed by atoms with Crippen LogP contribution in [0.1, 0.15) is 20.3 Å². The first kappa shape index (κ1) is 16.4. The second-order valence-electron chi connectivity index (χ2n) is 4.10. The lowest BCUT2D eigenvalue weighted by Crippen LogP contribution is -2.37. The maximum atomic E-state index is 11.2. The molecule has 0 aliphatic carbocycles. The Balaban J connectivity index is 3.67. The number of esters is 1. The standard InChI is InChI=1S/C12H25NO4/c1-11(2)13(10-12(14)16-4)6-5-7-17-9-8-15-3/h11H,5-10H2,1-4H3. The number of hydrogen-bond acceptors (Lipinski definition) is 5. The van der Waals surface area contributed by atoms with Crippen molar-refractivity contribution < 1.29 is 19.0 Å². The minimum atomic E-state index is -0.195. The molecule has 0 spiro atoms. The number of carbonyl (C=O) groups is 1. The van der Waals surface area contributed by atoms with Gasteiger partial charge in [-0.25, -0.2) is 0 Å². The Morgan fingerprint density at radius 3 is 2.41 bits per heavy atom.